The van der Waals surface area contributed by atoms with Crippen molar-refractivity contribution >= 4 is 16.1 Å². The van der Waals surface area contributed by atoms with Crippen molar-refractivity contribution in [3.8, 4) is 0 Å². The van der Waals surface area contributed by atoms with Gasteiger partial charge in [0.2, 0.25) is 0 Å². The molecule has 13 heavy (non-hydrogen) atoms. The van der Waals surface area contributed by atoms with Gasteiger partial charge in [-0.3, -0.25) is 3.59 Å². The van der Waals surface area contributed by atoms with Crippen molar-refractivity contribution in [3.05, 3.63) is 18.2 Å². The van der Waals surface area contributed by atoms with Crippen LogP contribution in [-0.4, -0.2) is 8.58 Å². The number of halogens is 1. The first-order valence-electron chi connectivity index (χ1n) is 5.03. The first-order chi connectivity index (χ1) is 6.34. The maximum atomic E-state index is 4.25. The van der Waals surface area contributed by atoms with Crippen LogP contribution in [-0.2, 0) is 6.42 Å². The monoisotopic (exact) mass is 244 g/mol. The number of imidazole rings is 1. The largest absolute Gasteiger partial charge is 0.270 e. The van der Waals surface area contributed by atoms with Crippen LogP contribution in [0.1, 0.15) is 44.9 Å². The van der Waals surface area contributed by atoms with Crippen LogP contribution in [0.2, 0.25) is 0 Å². The lowest BCUT2D eigenvalue weighted by Gasteiger charge is -1.99. The zero-order chi connectivity index (χ0) is 9.52. The highest BCUT2D eigenvalue weighted by molar-refractivity contribution is 9.08. The molecule has 74 valence electrons. The lowest BCUT2D eigenvalue weighted by Crippen LogP contribution is -1.92. The summed E-state index contributed by atoms with van der Waals surface area (Å²) in [5.41, 5.74) is 0. The molecule has 2 nitrogen and oxygen atoms in total. The van der Waals surface area contributed by atoms with Crippen LogP contribution in [0.3, 0.4) is 0 Å². The third-order valence-electron chi connectivity index (χ3n) is 2.17. The summed E-state index contributed by atoms with van der Waals surface area (Å²) in [5, 5.41) is 0. The van der Waals surface area contributed by atoms with E-state index in [1.165, 1.54) is 32.1 Å². The van der Waals surface area contributed by atoms with E-state index < -0.39 is 0 Å². The quantitative estimate of drug-likeness (QED) is 0.701. The van der Waals surface area contributed by atoms with Gasteiger partial charge in [-0.05, 0) is 6.42 Å². The molecule has 0 aliphatic heterocycles. The van der Waals surface area contributed by atoms with Gasteiger partial charge in [-0.15, -0.1) is 0 Å². The second-order valence-corrected chi connectivity index (χ2v) is 4.08. The maximum absolute atomic E-state index is 4.25. The Hall–Kier alpha value is -0.310. The summed E-state index contributed by atoms with van der Waals surface area (Å²) in [6, 6.07) is 0. The van der Waals surface area contributed by atoms with Crippen molar-refractivity contribution in [1.29, 1.82) is 0 Å². The molecule has 0 fully saturated rings. The van der Waals surface area contributed by atoms with E-state index in [-0.39, 0.29) is 0 Å². The lowest BCUT2D eigenvalue weighted by atomic mass is 10.1. The van der Waals surface area contributed by atoms with Crippen LogP contribution in [0.25, 0.3) is 0 Å². The summed E-state index contributed by atoms with van der Waals surface area (Å²) in [5.74, 6) is 1.14. The number of nitrogens with zero attached hydrogens (tertiary/aromatic N) is 2. The van der Waals surface area contributed by atoms with E-state index in [9.17, 15) is 0 Å². The van der Waals surface area contributed by atoms with E-state index in [1.54, 1.807) is 0 Å². The number of aromatic nitrogens is 2. The Morgan fingerprint density at radius 1 is 1.31 bits per heavy atom. The summed E-state index contributed by atoms with van der Waals surface area (Å²) in [4.78, 5) is 4.25. The average Bonchev–Trinajstić information content (AvgIpc) is 2.52. The van der Waals surface area contributed by atoms with Crippen molar-refractivity contribution in [2.75, 3.05) is 0 Å². The summed E-state index contributed by atoms with van der Waals surface area (Å²) < 4.78 is 1.92. The standard InChI is InChI=1S/C10H17BrN2/c1-2-3-4-5-6-7-10-12-8-9-13(10)11/h8-9H,2-7H2,1H3. The van der Waals surface area contributed by atoms with Crippen molar-refractivity contribution in [2.24, 2.45) is 0 Å². The minimum atomic E-state index is 1.09. The topological polar surface area (TPSA) is 17.8 Å². The van der Waals surface area contributed by atoms with Crippen LogP contribution in [0.4, 0.5) is 0 Å². The fourth-order valence-electron chi connectivity index (χ4n) is 1.38. The van der Waals surface area contributed by atoms with Crippen molar-refractivity contribution in [3.63, 3.8) is 0 Å². The minimum absolute atomic E-state index is 1.09. The Morgan fingerprint density at radius 2 is 2.08 bits per heavy atom. The first kappa shape index (κ1) is 10.8. The summed E-state index contributed by atoms with van der Waals surface area (Å²) in [7, 11) is 0. The molecule has 3 heteroatoms. The summed E-state index contributed by atoms with van der Waals surface area (Å²) in [6.45, 7) is 2.24. The van der Waals surface area contributed by atoms with E-state index in [0.717, 1.165) is 12.2 Å². The predicted octanol–water partition coefficient (Wildman–Crippen LogP) is 3.55. The Labute approximate surface area is 88.7 Å². The average molecular weight is 245 g/mol. The van der Waals surface area contributed by atoms with Crippen molar-refractivity contribution < 1.29 is 0 Å². The molecule has 0 saturated heterocycles. The van der Waals surface area contributed by atoms with Gasteiger partial charge in [-0.2, -0.15) is 0 Å². The van der Waals surface area contributed by atoms with Gasteiger partial charge in [0, 0.05) is 18.8 Å². The zero-order valence-corrected chi connectivity index (χ0v) is 9.76. The predicted molar refractivity (Wildman–Crippen MR) is 59.0 cm³/mol. The zero-order valence-electron chi connectivity index (χ0n) is 8.17. The van der Waals surface area contributed by atoms with Gasteiger partial charge >= 0.3 is 0 Å². The first-order valence-corrected chi connectivity index (χ1v) is 5.74. The molecule has 0 radical (unpaired) electrons. The third-order valence-corrected chi connectivity index (χ3v) is 2.82. The molecule has 1 aromatic rings. The Balaban J connectivity index is 2.10. The van der Waals surface area contributed by atoms with Gasteiger partial charge in [0.05, 0.1) is 16.1 Å². The molecule has 1 aromatic heterocycles. The number of aryl methyl sites for hydroxylation is 1. The van der Waals surface area contributed by atoms with E-state index in [4.69, 9.17) is 0 Å². The van der Waals surface area contributed by atoms with Crippen molar-refractivity contribution in [1.82, 2.24) is 8.58 Å². The van der Waals surface area contributed by atoms with Crippen LogP contribution in [0.5, 0.6) is 0 Å². The highest BCUT2D eigenvalue weighted by Crippen LogP contribution is 2.09. The van der Waals surface area contributed by atoms with Crippen LogP contribution in [0.15, 0.2) is 12.4 Å². The van der Waals surface area contributed by atoms with E-state index >= 15 is 0 Å². The molecular weight excluding hydrogens is 228 g/mol. The Morgan fingerprint density at radius 3 is 2.69 bits per heavy atom. The van der Waals surface area contributed by atoms with Crippen LogP contribution in [0, 0.1) is 0 Å². The molecule has 0 spiro atoms. The molecule has 0 atom stereocenters. The van der Waals surface area contributed by atoms with Crippen LogP contribution < -0.4 is 0 Å². The molecule has 0 aliphatic rings. The lowest BCUT2D eigenvalue weighted by molar-refractivity contribution is 0.623. The number of hydrogen-bond donors (Lipinski definition) is 0. The molecule has 1 rings (SSSR count). The smallest absolute Gasteiger partial charge is 0.118 e. The van der Waals surface area contributed by atoms with E-state index in [2.05, 4.69) is 28.1 Å². The number of hydrogen-bond acceptors (Lipinski definition) is 1. The molecular formula is C10H17BrN2. The van der Waals surface area contributed by atoms with E-state index in [0.29, 0.717) is 0 Å². The normalized spacial score (nSPS) is 10.6. The van der Waals surface area contributed by atoms with Gasteiger partial charge < -0.3 is 0 Å². The van der Waals surface area contributed by atoms with Crippen LogP contribution >= 0.6 is 16.1 Å². The second-order valence-electron chi connectivity index (χ2n) is 3.32. The number of unbranched alkanes of at least 4 members (excludes halogenated alkanes) is 4. The number of rotatable bonds is 6. The van der Waals surface area contributed by atoms with E-state index in [1.807, 2.05) is 16.0 Å². The van der Waals surface area contributed by atoms with Gasteiger partial charge in [-0.25, -0.2) is 4.98 Å². The molecule has 0 saturated carbocycles. The van der Waals surface area contributed by atoms with Gasteiger partial charge in [0.1, 0.15) is 5.82 Å². The molecule has 0 unspecified atom stereocenters. The third kappa shape index (κ3) is 3.94. The second kappa shape index (κ2) is 6.19. The Kier molecular flexibility index (Phi) is 5.13. The van der Waals surface area contributed by atoms with Gasteiger partial charge in [0.15, 0.2) is 0 Å². The molecule has 0 aromatic carbocycles. The molecule has 0 bridgehead atoms. The van der Waals surface area contributed by atoms with Gasteiger partial charge in [-0.1, -0.05) is 32.6 Å². The maximum Gasteiger partial charge on any atom is 0.118 e. The summed E-state index contributed by atoms with van der Waals surface area (Å²) >= 11 is 3.40. The fourth-order valence-corrected chi connectivity index (χ4v) is 1.75. The molecule has 0 amide bonds. The highest BCUT2D eigenvalue weighted by Gasteiger charge is 1.98. The SMILES string of the molecule is CCCCCCCc1nccn1Br. The molecule has 1 heterocycles. The Bertz CT molecular complexity index is 233. The summed E-state index contributed by atoms with van der Waals surface area (Å²) in [6.07, 6.45) is 11.5. The van der Waals surface area contributed by atoms with Gasteiger partial charge in [0.25, 0.3) is 0 Å². The highest BCUT2D eigenvalue weighted by atomic mass is 79.9. The minimum Gasteiger partial charge on any atom is -0.270 e. The van der Waals surface area contributed by atoms with Crippen molar-refractivity contribution in [2.45, 2.75) is 45.4 Å². The molecule has 0 N–H and O–H groups in total. The molecule has 0 aliphatic carbocycles. The fraction of sp³-hybridized carbons (Fsp3) is 0.700.